The van der Waals surface area contributed by atoms with E-state index in [1.165, 1.54) is 13.2 Å². The minimum Gasteiger partial charge on any atom is -0.497 e. The van der Waals surface area contributed by atoms with Crippen molar-refractivity contribution in [1.82, 2.24) is 4.98 Å². The summed E-state index contributed by atoms with van der Waals surface area (Å²) in [5, 5.41) is 0. The Morgan fingerprint density at radius 2 is 1.81 bits per heavy atom. The van der Waals surface area contributed by atoms with Gasteiger partial charge in [0.1, 0.15) is 17.3 Å². The second kappa shape index (κ2) is 9.78. The summed E-state index contributed by atoms with van der Waals surface area (Å²) in [7, 11) is -1.03. The first-order valence-corrected chi connectivity index (χ1v) is 11.5. The van der Waals surface area contributed by atoms with E-state index >= 15 is 0 Å². The van der Waals surface area contributed by atoms with Gasteiger partial charge in [-0.2, -0.15) is 0 Å². The molecule has 0 saturated heterocycles. The number of esters is 1. The lowest BCUT2D eigenvalue weighted by atomic mass is 10.0. The molecule has 0 aliphatic rings. The van der Waals surface area contributed by atoms with E-state index in [9.17, 15) is 18.0 Å². The van der Waals surface area contributed by atoms with Gasteiger partial charge in [0.25, 0.3) is 0 Å². The highest BCUT2D eigenvalue weighted by Gasteiger charge is 2.23. The van der Waals surface area contributed by atoms with E-state index in [0.29, 0.717) is 22.6 Å². The Labute approximate surface area is 186 Å². The van der Waals surface area contributed by atoms with Crippen LogP contribution in [0.4, 0.5) is 0 Å². The number of aryl methyl sites for hydroxylation is 1. The van der Waals surface area contributed by atoms with Crippen LogP contribution >= 0.6 is 0 Å². The first kappa shape index (κ1) is 23.2. The topological polar surface area (TPSA) is 113 Å². The highest BCUT2D eigenvalue weighted by Crippen LogP contribution is 2.26. The lowest BCUT2D eigenvalue weighted by Gasteiger charge is -2.07. The van der Waals surface area contributed by atoms with Gasteiger partial charge in [-0.1, -0.05) is 24.3 Å². The van der Waals surface area contributed by atoms with Crippen LogP contribution < -0.4 is 4.74 Å². The van der Waals surface area contributed by atoms with Gasteiger partial charge in [0.05, 0.1) is 31.2 Å². The van der Waals surface area contributed by atoms with Gasteiger partial charge < -0.3 is 13.9 Å². The van der Waals surface area contributed by atoms with Crippen LogP contribution in [0.5, 0.6) is 5.75 Å². The van der Waals surface area contributed by atoms with Crippen molar-refractivity contribution in [2.45, 2.75) is 19.1 Å². The summed E-state index contributed by atoms with van der Waals surface area (Å²) < 4.78 is 40.8. The number of benzene rings is 2. The smallest absolute Gasteiger partial charge is 0.338 e. The molecule has 1 aromatic heterocycles. The molecule has 2 aromatic carbocycles. The lowest BCUT2D eigenvalue weighted by Crippen LogP contribution is -2.21. The summed E-state index contributed by atoms with van der Waals surface area (Å²) in [5.41, 5.74) is 1.53. The van der Waals surface area contributed by atoms with E-state index in [2.05, 4.69) is 4.98 Å². The molecular formula is C23H23NO7S. The third-order valence-electron chi connectivity index (χ3n) is 4.76. The Kier molecular flexibility index (Phi) is 7.09. The third kappa shape index (κ3) is 5.61. The van der Waals surface area contributed by atoms with Gasteiger partial charge in [0.15, 0.2) is 15.6 Å². The number of Topliss-reactive ketones (excluding diaryl/α,β-unsaturated/α-hetero) is 1. The minimum absolute atomic E-state index is 0.197. The molecule has 32 heavy (non-hydrogen) atoms. The normalized spacial score (nSPS) is 11.2. The Hall–Kier alpha value is -3.46. The highest BCUT2D eigenvalue weighted by molar-refractivity contribution is 7.91. The van der Waals surface area contributed by atoms with Crippen molar-refractivity contribution >= 4 is 21.6 Å². The van der Waals surface area contributed by atoms with Gasteiger partial charge in [-0.25, -0.2) is 18.2 Å². The summed E-state index contributed by atoms with van der Waals surface area (Å²) in [6.07, 6.45) is -0.197. The molecular weight excluding hydrogens is 434 g/mol. The van der Waals surface area contributed by atoms with Crippen molar-refractivity contribution in [1.29, 1.82) is 0 Å². The average Bonchev–Trinajstić information content (AvgIpc) is 3.12. The van der Waals surface area contributed by atoms with Crippen LogP contribution in [-0.4, -0.2) is 45.1 Å². The quantitative estimate of drug-likeness (QED) is 0.450. The molecule has 3 rings (SSSR count). The molecule has 9 heteroatoms. The van der Waals surface area contributed by atoms with Crippen molar-refractivity contribution in [2.75, 3.05) is 20.0 Å². The molecule has 0 saturated carbocycles. The third-order valence-corrected chi connectivity index (χ3v) is 6.23. The second-order valence-corrected chi connectivity index (χ2v) is 9.21. The van der Waals surface area contributed by atoms with Crippen molar-refractivity contribution in [3.05, 3.63) is 71.1 Å². The maximum atomic E-state index is 12.7. The van der Waals surface area contributed by atoms with Crippen LogP contribution in [0.1, 0.15) is 27.4 Å². The predicted octanol–water partition coefficient (Wildman–Crippen LogP) is 3.17. The standard InChI is InChI=1S/C23H23NO7S/c1-15-21(24-22(31-15)17-8-6-9-19(12-17)29-2)14-32(27,28)13-18(25)11-16-7-4-5-10-20(16)23(26)30-3/h4-10,12H,11,13-14H2,1-3H3. The minimum atomic E-state index is -3.81. The van der Waals surface area contributed by atoms with E-state index in [4.69, 9.17) is 13.9 Å². The molecule has 0 spiro atoms. The zero-order valence-corrected chi connectivity index (χ0v) is 18.8. The first-order valence-electron chi connectivity index (χ1n) is 9.71. The Morgan fingerprint density at radius 1 is 1.06 bits per heavy atom. The molecule has 1 heterocycles. The van der Waals surface area contributed by atoms with Gasteiger partial charge in [0, 0.05) is 12.0 Å². The molecule has 0 N–H and O–H groups in total. The monoisotopic (exact) mass is 457 g/mol. The number of nitrogens with zero attached hydrogens (tertiary/aromatic N) is 1. The molecule has 0 aliphatic heterocycles. The van der Waals surface area contributed by atoms with Gasteiger partial charge in [-0.15, -0.1) is 0 Å². The molecule has 0 unspecified atom stereocenters. The molecule has 0 aliphatic carbocycles. The Bertz CT molecular complexity index is 1240. The van der Waals surface area contributed by atoms with Gasteiger partial charge >= 0.3 is 5.97 Å². The number of ether oxygens (including phenoxy) is 2. The molecule has 0 bridgehead atoms. The largest absolute Gasteiger partial charge is 0.497 e. The Morgan fingerprint density at radius 3 is 2.53 bits per heavy atom. The van der Waals surface area contributed by atoms with Crippen LogP contribution in [0.2, 0.25) is 0 Å². The van der Waals surface area contributed by atoms with E-state index in [1.807, 2.05) is 0 Å². The van der Waals surface area contributed by atoms with Crippen LogP contribution in [0.3, 0.4) is 0 Å². The number of hydrogen-bond donors (Lipinski definition) is 0. The van der Waals surface area contributed by atoms with Crippen molar-refractivity contribution in [3.8, 4) is 17.2 Å². The molecule has 8 nitrogen and oxygen atoms in total. The molecule has 0 amide bonds. The number of carbonyl (C=O) groups excluding carboxylic acids is 2. The number of methoxy groups -OCH3 is 2. The number of sulfone groups is 1. The molecule has 0 radical (unpaired) electrons. The number of rotatable bonds is 9. The zero-order chi connectivity index (χ0) is 23.3. The van der Waals surface area contributed by atoms with Crippen LogP contribution in [0.15, 0.2) is 52.9 Å². The highest BCUT2D eigenvalue weighted by atomic mass is 32.2. The summed E-state index contributed by atoms with van der Waals surface area (Å²) in [6.45, 7) is 1.62. The SMILES string of the molecule is COC(=O)c1ccccc1CC(=O)CS(=O)(=O)Cc1nc(-c2cccc(OC)c2)oc1C. The van der Waals surface area contributed by atoms with Crippen LogP contribution in [-0.2, 0) is 31.5 Å². The fourth-order valence-electron chi connectivity index (χ4n) is 3.19. The first-order chi connectivity index (χ1) is 15.2. The summed E-state index contributed by atoms with van der Waals surface area (Å²) in [5.74, 6) is -0.986. The number of ketones is 1. The molecule has 3 aromatic rings. The number of carbonyl (C=O) groups is 2. The summed E-state index contributed by atoms with van der Waals surface area (Å²) in [6, 6.07) is 13.5. The zero-order valence-electron chi connectivity index (χ0n) is 18.0. The summed E-state index contributed by atoms with van der Waals surface area (Å²) >= 11 is 0. The van der Waals surface area contributed by atoms with Crippen molar-refractivity contribution in [3.63, 3.8) is 0 Å². The lowest BCUT2D eigenvalue weighted by molar-refractivity contribution is -0.116. The second-order valence-electron chi connectivity index (χ2n) is 7.15. The molecule has 0 atom stereocenters. The average molecular weight is 458 g/mol. The fourth-order valence-corrected chi connectivity index (χ4v) is 4.57. The van der Waals surface area contributed by atoms with Gasteiger partial charge in [0.2, 0.25) is 5.89 Å². The maximum Gasteiger partial charge on any atom is 0.338 e. The number of aromatic nitrogens is 1. The maximum absolute atomic E-state index is 12.7. The number of oxazole rings is 1. The number of hydrogen-bond acceptors (Lipinski definition) is 8. The van der Waals surface area contributed by atoms with Crippen LogP contribution in [0, 0.1) is 6.92 Å². The Balaban J connectivity index is 1.73. The predicted molar refractivity (Wildman–Crippen MR) is 117 cm³/mol. The van der Waals surface area contributed by atoms with Crippen molar-refractivity contribution in [2.24, 2.45) is 0 Å². The van der Waals surface area contributed by atoms with E-state index < -0.39 is 33.1 Å². The van der Waals surface area contributed by atoms with Gasteiger partial charge in [-0.05, 0) is 36.8 Å². The molecule has 168 valence electrons. The van der Waals surface area contributed by atoms with Crippen molar-refractivity contribution < 1.29 is 31.9 Å². The van der Waals surface area contributed by atoms with E-state index in [1.54, 1.807) is 56.5 Å². The fraction of sp³-hybridized carbons (Fsp3) is 0.261. The van der Waals surface area contributed by atoms with Gasteiger partial charge in [-0.3, -0.25) is 4.79 Å². The summed E-state index contributed by atoms with van der Waals surface area (Å²) in [4.78, 5) is 28.6. The van der Waals surface area contributed by atoms with Crippen LogP contribution in [0.25, 0.3) is 11.5 Å². The van der Waals surface area contributed by atoms with E-state index in [0.717, 1.165) is 0 Å². The molecule has 0 fully saturated rings. The van der Waals surface area contributed by atoms with E-state index in [-0.39, 0.29) is 23.6 Å².